The summed E-state index contributed by atoms with van der Waals surface area (Å²) in [5.41, 5.74) is 0. The van der Waals surface area contributed by atoms with Gasteiger partial charge in [0, 0.05) is 7.05 Å². The Morgan fingerprint density at radius 1 is 1.50 bits per heavy atom. The molecule has 0 amide bonds. The number of aromatic nitrogens is 3. The van der Waals surface area contributed by atoms with Crippen molar-refractivity contribution < 1.29 is 0 Å². The summed E-state index contributed by atoms with van der Waals surface area (Å²) in [7, 11) is 1.97. The molecule has 1 heterocycles. The Morgan fingerprint density at radius 3 is 2.94 bits per heavy atom. The quantitative estimate of drug-likeness (QED) is 0.541. The van der Waals surface area contributed by atoms with Gasteiger partial charge < -0.3 is 9.88 Å². The standard InChI is InChI=1S/C12H22N4/c1-4-5-6-7-8-9-13-11(2)12-15-14-10-16(12)3/h4,10-11,13H,1,5-9H2,2-3H3. The van der Waals surface area contributed by atoms with Crippen LogP contribution in [0.25, 0.3) is 0 Å². The van der Waals surface area contributed by atoms with Gasteiger partial charge in [-0.1, -0.05) is 12.5 Å². The lowest BCUT2D eigenvalue weighted by molar-refractivity contribution is 0.507. The Kier molecular flexibility index (Phi) is 5.78. The first-order valence-electron chi connectivity index (χ1n) is 5.94. The molecule has 0 aliphatic rings. The van der Waals surface area contributed by atoms with Gasteiger partial charge in [-0.2, -0.15) is 0 Å². The van der Waals surface area contributed by atoms with E-state index in [1.54, 1.807) is 6.33 Å². The van der Waals surface area contributed by atoms with Gasteiger partial charge in [-0.25, -0.2) is 0 Å². The van der Waals surface area contributed by atoms with Crippen molar-refractivity contribution in [1.82, 2.24) is 20.1 Å². The van der Waals surface area contributed by atoms with Crippen LogP contribution in [0.2, 0.25) is 0 Å². The molecular weight excluding hydrogens is 200 g/mol. The summed E-state index contributed by atoms with van der Waals surface area (Å²) in [4.78, 5) is 0. The highest BCUT2D eigenvalue weighted by molar-refractivity contribution is 4.91. The number of nitrogens with one attached hydrogen (secondary N) is 1. The molecule has 0 spiro atoms. The Labute approximate surface area is 97.8 Å². The molecule has 0 fully saturated rings. The second kappa shape index (κ2) is 7.17. The molecule has 0 saturated heterocycles. The number of aryl methyl sites for hydroxylation is 1. The molecular formula is C12H22N4. The molecule has 4 heteroatoms. The van der Waals surface area contributed by atoms with Crippen molar-refractivity contribution in [3.63, 3.8) is 0 Å². The lowest BCUT2D eigenvalue weighted by atomic mass is 10.2. The Morgan fingerprint density at radius 2 is 2.31 bits per heavy atom. The summed E-state index contributed by atoms with van der Waals surface area (Å²) in [6.07, 6.45) is 8.54. The highest BCUT2D eigenvalue weighted by Crippen LogP contribution is 2.07. The molecule has 16 heavy (non-hydrogen) atoms. The van der Waals surface area contributed by atoms with Gasteiger partial charge in [-0.05, 0) is 32.7 Å². The van der Waals surface area contributed by atoms with Crippen LogP contribution in [-0.4, -0.2) is 21.3 Å². The van der Waals surface area contributed by atoms with E-state index in [2.05, 4.69) is 29.0 Å². The molecule has 0 radical (unpaired) electrons. The predicted octanol–water partition coefficient (Wildman–Crippen LogP) is 2.21. The van der Waals surface area contributed by atoms with Crippen molar-refractivity contribution >= 4 is 0 Å². The summed E-state index contributed by atoms with van der Waals surface area (Å²) >= 11 is 0. The van der Waals surface area contributed by atoms with E-state index in [1.807, 2.05) is 17.7 Å². The van der Waals surface area contributed by atoms with Crippen LogP contribution in [0.3, 0.4) is 0 Å². The first-order valence-corrected chi connectivity index (χ1v) is 5.94. The van der Waals surface area contributed by atoms with Crippen molar-refractivity contribution in [3.05, 3.63) is 24.8 Å². The average Bonchev–Trinajstić information content (AvgIpc) is 2.69. The first kappa shape index (κ1) is 12.9. The van der Waals surface area contributed by atoms with Gasteiger partial charge in [0.15, 0.2) is 0 Å². The van der Waals surface area contributed by atoms with Crippen LogP contribution in [0.15, 0.2) is 19.0 Å². The zero-order valence-corrected chi connectivity index (χ0v) is 10.3. The van der Waals surface area contributed by atoms with Crippen LogP contribution < -0.4 is 5.32 Å². The Bertz CT molecular complexity index is 306. The maximum atomic E-state index is 4.08. The van der Waals surface area contributed by atoms with Crippen LogP contribution in [0, 0.1) is 0 Å². The van der Waals surface area contributed by atoms with E-state index in [0.29, 0.717) is 0 Å². The minimum atomic E-state index is 0.270. The van der Waals surface area contributed by atoms with E-state index in [0.717, 1.165) is 18.8 Å². The molecule has 0 bridgehead atoms. The maximum absolute atomic E-state index is 4.08. The average molecular weight is 222 g/mol. The number of hydrogen-bond acceptors (Lipinski definition) is 3. The Hall–Kier alpha value is -1.16. The second-order valence-corrected chi connectivity index (χ2v) is 4.11. The number of hydrogen-bond donors (Lipinski definition) is 1. The summed E-state index contributed by atoms with van der Waals surface area (Å²) in [6.45, 7) is 6.87. The smallest absolute Gasteiger partial charge is 0.149 e. The molecule has 1 atom stereocenters. The van der Waals surface area contributed by atoms with Crippen LogP contribution in [0.5, 0.6) is 0 Å². The molecule has 1 unspecified atom stereocenters. The molecule has 90 valence electrons. The zero-order valence-electron chi connectivity index (χ0n) is 10.3. The molecule has 4 nitrogen and oxygen atoms in total. The van der Waals surface area contributed by atoms with Crippen LogP contribution in [0.1, 0.15) is 44.5 Å². The lowest BCUT2D eigenvalue weighted by Gasteiger charge is -2.12. The first-order chi connectivity index (χ1) is 7.75. The Balaban J connectivity index is 2.13. The number of nitrogens with zero attached hydrogens (tertiary/aromatic N) is 3. The third-order valence-electron chi connectivity index (χ3n) is 2.67. The highest BCUT2D eigenvalue weighted by atomic mass is 15.3. The third-order valence-corrected chi connectivity index (χ3v) is 2.67. The normalized spacial score (nSPS) is 12.6. The van der Waals surface area contributed by atoms with Gasteiger partial charge in [0.05, 0.1) is 6.04 Å². The maximum Gasteiger partial charge on any atom is 0.149 e. The van der Waals surface area contributed by atoms with Gasteiger partial charge in [0.2, 0.25) is 0 Å². The molecule has 1 rings (SSSR count). The third kappa shape index (κ3) is 4.14. The van der Waals surface area contributed by atoms with Crippen LogP contribution in [0.4, 0.5) is 0 Å². The summed E-state index contributed by atoms with van der Waals surface area (Å²) < 4.78 is 1.95. The van der Waals surface area contributed by atoms with Crippen LogP contribution >= 0.6 is 0 Å². The minimum Gasteiger partial charge on any atom is -0.319 e. The van der Waals surface area contributed by atoms with Crippen molar-refractivity contribution in [2.75, 3.05) is 6.54 Å². The molecule has 1 aromatic rings. The van der Waals surface area contributed by atoms with Crippen molar-refractivity contribution in [2.45, 2.75) is 38.6 Å². The fourth-order valence-corrected chi connectivity index (χ4v) is 1.68. The molecule has 0 aromatic carbocycles. The number of unbranched alkanes of at least 4 members (excludes halogenated alkanes) is 3. The van der Waals surface area contributed by atoms with Gasteiger partial charge in [0.25, 0.3) is 0 Å². The van der Waals surface area contributed by atoms with Gasteiger partial charge in [-0.3, -0.25) is 0 Å². The van der Waals surface area contributed by atoms with Gasteiger partial charge in [-0.15, -0.1) is 16.8 Å². The fourth-order valence-electron chi connectivity index (χ4n) is 1.68. The summed E-state index contributed by atoms with van der Waals surface area (Å²) in [6, 6.07) is 0.270. The molecule has 1 N–H and O–H groups in total. The van der Waals surface area contributed by atoms with E-state index >= 15 is 0 Å². The van der Waals surface area contributed by atoms with Crippen molar-refractivity contribution in [2.24, 2.45) is 7.05 Å². The van der Waals surface area contributed by atoms with E-state index < -0.39 is 0 Å². The molecule has 1 aromatic heterocycles. The van der Waals surface area contributed by atoms with Crippen molar-refractivity contribution in [3.8, 4) is 0 Å². The second-order valence-electron chi connectivity index (χ2n) is 4.11. The zero-order chi connectivity index (χ0) is 11.8. The summed E-state index contributed by atoms with van der Waals surface area (Å²) in [5.74, 6) is 0.992. The monoisotopic (exact) mass is 222 g/mol. The number of rotatable bonds is 8. The largest absolute Gasteiger partial charge is 0.319 e. The molecule has 0 aliphatic carbocycles. The summed E-state index contributed by atoms with van der Waals surface area (Å²) in [5, 5.41) is 11.4. The predicted molar refractivity (Wildman–Crippen MR) is 66.1 cm³/mol. The molecule has 0 saturated carbocycles. The van der Waals surface area contributed by atoms with Crippen LogP contribution in [-0.2, 0) is 7.05 Å². The molecule has 0 aliphatic heterocycles. The highest BCUT2D eigenvalue weighted by Gasteiger charge is 2.09. The van der Waals surface area contributed by atoms with E-state index in [4.69, 9.17) is 0 Å². The van der Waals surface area contributed by atoms with Gasteiger partial charge >= 0.3 is 0 Å². The van der Waals surface area contributed by atoms with Crippen molar-refractivity contribution in [1.29, 1.82) is 0 Å². The fraction of sp³-hybridized carbons (Fsp3) is 0.667. The van der Waals surface area contributed by atoms with Gasteiger partial charge in [0.1, 0.15) is 12.2 Å². The lowest BCUT2D eigenvalue weighted by Crippen LogP contribution is -2.22. The van der Waals surface area contributed by atoms with E-state index in [1.165, 1.54) is 19.3 Å². The number of allylic oxidation sites excluding steroid dienone is 1. The van der Waals surface area contributed by atoms with E-state index in [9.17, 15) is 0 Å². The minimum absolute atomic E-state index is 0.270. The van der Waals surface area contributed by atoms with E-state index in [-0.39, 0.29) is 6.04 Å². The topological polar surface area (TPSA) is 42.7 Å². The SMILES string of the molecule is C=CCCCCCNC(C)c1nncn1C.